The molecule has 4 N–H and O–H groups in total. The minimum Gasteiger partial charge on any atom is -0.504 e. The number of aliphatic hydroxyl groups is 3. The second kappa shape index (κ2) is 9.05. The average Bonchev–Trinajstić information content (AvgIpc) is 2.64. The van der Waals surface area contributed by atoms with Crippen molar-refractivity contribution in [3.8, 4) is 11.5 Å². The summed E-state index contributed by atoms with van der Waals surface area (Å²) < 4.78 is 14.8. The maximum absolute atomic E-state index is 12.0. The molecule has 0 aliphatic heterocycles. The third-order valence-electron chi connectivity index (χ3n) is 4.38. The van der Waals surface area contributed by atoms with E-state index < -0.39 is 48.7 Å². The summed E-state index contributed by atoms with van der Waals surface area (Å²) >= 11 is 0. The van der Waals surface area contributed by atoms with Gasteiger partial charge in [0, 0.05) is 18.9 Å². The van der Waals surface area contributed by atoms with E-state index in [1.54, 1.807) is 13.0 Å². The van der Waals surface area contributed by atoms with Crippen LogP contribution < -0.4 is 4.74 Å². The Balaban J connectivity index is 2.01. The van der Waals surface area contributed by atoms with Gasteiger partial charge in [0.05, 0.1) is 25.9 Å². The quantitative estimate of drug-likeness (QED) is 0.390. The fourth-order valence-electron chi connectivity index (χ4n) is 2.99. The van der Waals surface area contributed by atoms with Gasteiger partial charge < -0.3 is 34.6 Å². The molecule has 0 bridgehead atoms. The summed E-state index contributed by atoms with van der Waals surface area (Å²) in [6, 6.07) is 4.45. The van der Waals surface area contributed by atoms with Crippen LogP contribution in [0.25, 0.3) is 6.08 Å². The fraction of sp³-hybridized carbons (Fsp3) is 0.474. The number of aliphatic hydroxyl groups excluding tert-OH is 2. The number of hydrogen-bond acceptors (Lipinski definition) is 9. The van der Waals surface area contributed by atoms with Gasteiger partial charge in [0.15, 0.2) is 23.2 Å². The molecule has 1 aromatic rings. The number of ether oxygens (including phenoxy) is 3. The summed E-state index contributed by atoms with van der Waals surface area (Å²) in [6.07, 6.45) is -2.59. The van der Waals surface area contributed by atoms with Crippen LogP contribution in [0.3, 0.4) is 0 Å². The number of benzene rings is 1. The Morgan fingerprint density at radius 3 is 2.46 bits per heavy atom. The summed E-state index contributed by atoms with van der Waals surface area (Å²) in [5.41, 5.74) is -1.50. The molecule has 1 fully saturated rings. The molecule has 0 saturated heterocycles. The predicted octanol–water partition coefficient (Wildman–Crippen LogP) is 0.136. The van der Waals surface area contributed by atoms with E-state index in [1.807, 2.05) is 0 Å². The molecule has 2 rings (SSSR count). The molecule has 0 heterocycles. The molecule has 1 aliphatic carbocycles. The maximum atomic E-state index is 12.0. The van der Waals surface area contributed by atoms with Gasteiger partial charge in [-0.25, -0.2) is 9.59 Å². The molecule has 0 unspecified atom stereocenters. The Morgan fingerprint density at radius 1 is 1.25 bits per heavy atom. The van der Waals surface area contributed by atoms with Crippen molar-refractivity contribution in [2.45, 2.75) is 43.7 Å². The van der Waals surface area contributed by atoms with Gasteiger partial charge in [-0.15, -0.1) is 0 Å². The number of aromatic hydroxyl groups is 1. The van der Waals surface area contributed by atoms with E-state index >= 15 is 0 Å². The van der Waals surface area contributed by atoms with E-state index in [-0.39, 0.29) is 18.1 Å². The Labute approximate surface area is 161 Å². The summed E-state index contributed by atoms with van der Waals surface area (Å²) in [7, 11) is 1.39. The van der Waals surface area contributed by atoms with Crippen molar-refractivity contribution in [3.05, 3.63) is 29.8 Å². The first-order valence-corrected chi connectivity index (χ1v) is 8.71. The largest absolute Gasteiger partial charge is 0.504 e. The van der Waals surface area contributed by atoms with Crippen molar-refractivity contribution in [3.63, 3.8) is 0 Å². The third-order valence-corrected chi connectivity index (χ3v) is 4.38. The van der Waals surface area contributed by atoms with Crippen molar-refractivity contribution in [2.24, 2.45) is 0 Å². The maximum Gasteiger partial charge on any atom is 0.338 e. The van der Waals surface area contributed by atoms with Gasteiger partial charge in [-0.2, -0.15) is 0 Å². The van der Waals surface area contributed by atoms with Crippen molar-refractivity contribution in [1.29, 1.82) is 0 Å². The molecule has 1 saturated carbocycles. The minimum absolute atomic E-state index is 0.0403. The highest BCUT2D eigenvalue weighted by Crippen LogP contribution is 2.32. The van der Waals surface area contributed by atoms with E-state index in [4.69, 9.17) is 14.2 Å². The first-order chi connectivity index (χ1) is 13.2. The van der Waals surface area contributed by atoms with Crippen LogP contribution in [0.4, 0.5) is 0 Å². The molecule has 1 aliphatic rings. The Hall–Kier alpha value is -2.62. The molecule has 9 heteroatoms. The van der Waals surface area contributed by atoms with Crippen LogP contribution >= 0.6 is 0 Å². The lowest BCUT2D eigenvalue weighted by atomic mass is 9.79. The standard InChI is InChI=1S/C19H24O9/c1-3-27-18(24)19(25)9-13(21)17(14(22)10-19)28-16(23)7-5-11-4-6-12(20)15(8-11)26-2/h4-8,13-14,17,20-22,25H,3,9-10H2,1-2H3/t13-,14-,17?,19?/m1/s1. The number of carbonyl (C=O) groups excluding carboxylic acids is 2. The zero-order valence-corrected chi connectivity index (χ0v) is 15.6. The molecular weight excluding hydrogens is 372 g/mol. The zero-order valence-electron chi connectivity index (χ0n) is 15.6. The normalized spacial score (nSPS) is 27.4. The lowest BCUT2D eigenvalue weighted by Gasteiger charge is -2.39. The molecule has 9 nitrogen and oxygen atoms in total. The number of hydrogen-bond donors (Lipinski definition) is 4. The molecule has 2 atom stereocenters. The highest BCUT2D eigenvalue weighted by Gasteiger charge is 2.51. The summed E-state index contributed by atoms with van der Waals surface area (Å²) in [6.45, 7) is 1.61. The van der Waals surface area contributed by atoms with Crippen molar-refractivity contribution >= 4 is 18.0 Å². The van der Waals surface area contributed by atoms with Crippen molar-refractivity contribution in [2.75, 3.05) is 13.7 Å². The second-order valence-corrected chi connectivity index (χ2v) is 6.46. The number of phenolic OH excluding ortho intramolecular Hbond substituents is 1. The molecule has 0 aromatic heterocycles. The smallest absolute Gasteiger partial charge is 0.338 e. The van der Waals surface area contributed by atoms with Crippen molar-refractivity contribution < 1.29 is 44.2 Å². The summed E-state index contributed by atoms with van der Waals surface area (Å²) in [5.74, 6) is -1.60. The van der Waals surface area contributed by atoms with Crippen LogP contribution in [0.15, 0.2) is 24.3 Å². The number of esters is 2. The predicted molar refractivity (Wildman–Crippen MR) is 96.4 cm³/mol. The molecule has 154 valence electrons. The average molecular weight is 396 g/mol. The van der Waals surface area contributed by atoms with Crippen LogP contribution in [0.5, 0.6) is 11.5 Å². The van der Waals surface area contributed by atoms with Gasteiger partial charge in [-0.3, -0.25) is 0 Å². The lowest BCUT2D eigenvalue weighted by molar-refractivity contribution is -0.199. The summed E-state index contributed by atoms with van der Waals surface area (Å²) in [5, 5.41) is 40.2. The number of methoxy groups -OCH3 is 1. The van der Waals surface area contributed by atoms with E-state index in [9.17, 15) is 30.0 Å². The third kappa shape index (κ3) is 5.00. The molecule has 1 aromatic carbocycles. The van der Waals surface area contributed by atoms with Gasteiger partial charge in [0.1, 0.15) is 0 Å². The van der Waals surface area contributed by atoms with Gasteiger partial charge in [0.2, 0.25) is 0 Å². The molecule has 28 heavy (non-hydrogen) atoms. The molecule has 0 radical (unpaired) electrons. The summed E-state index contributed by atoms with van der Waals surface area (Å²) in [4.78, 5) is 23.9. The number of carbonyl (C=O) groups is 2. The Kier molecular flexibility index (Phi) is 7.00. The van der Waals surface area contributed by atoms with Crippen molar-refractivity contribution in [1.82, 2.24) is 0 Å². The zero-order chi connectivity index (χ0) is 20.9. The minimum atomic E-state index is -2.05. The SMILES string of the molecule is CCOC(=O)C1(O)C[C@@H](O)C(OC(=O)C=Cc2ccc(O)c(OC)c2)[C@H](O)C1. The molecular formula is C19H24O9. The topological polar surface area (TPSA) is 143 Å². The highest BCUT2D eigenvalue weighted by molar-refractivity contribution is 5.87. The highest BCUT2D eigenvalue weighted by atomic mass is 16.6. The molecule has 0 spiro atoms. The number of rotatable bonds is 6. The fourth-order valence-corrected chi connectivity index (χ4v) is 2.99. The van der Waals surface area contributed by atoms with Gasteiger partial charge in [-0.05, 0) is 30.7 Å². The van der Waals surface area contributed by atoms with Crippen LogP contribution in [0, 0.1) is 0 Å². The van der Waals surface area contributed by atoms with Crippen LogP contribution in [0.2, 0.25) is 0 Å². The van der Waals surface area contributed by atoms with E-state index in [0.29, 0.717) is 5.56 Å². The Morgan fingerprint density at radius 2 is 1.89 bits per heavy atom. The van der Waals surface area contributed by atoms with E-state index in [0.717, 1.165) is 6.08 Å². The Bertz CT molecular complexity index is 731. The van der Waals surface area contributed by atoms with Gasteiger partial charge in [0.25, 0.3) is 0 Å². The second-order valence-electron chi connectivity index (χ2n) is 6.46. The molecule has 0 amide bonds. The first kappa shape index (κ1) is 21.7. The van der Waals surface area contributed by atoms with Gasteiger partial charge >= 0.3 is 11.9 Å². The number of phenols is 1. The van der Waals surface area contributed by atoms with Crippen LogP contribution in [0.1, 0.15) is 25.3 Å². The first-order valence-electron chi connectivity index (χ1n) is 8.71. The van der Waals surface area contributed by atoms with E-state index in [2.05, 4.69) is 0 Å². The van der Waals surface area contributed by atoms with Gasteiger partial charge in [-0.1, -0.05) is 6.07 Å². The van der Waals surface area contributed by atoms with Crippen LogP contribution in [-0.2, 0) is 19.1 Å². The van der Waals surface area contributed by atoms with E-state index in [1.165, 1.54) is 25.3 Å². The lowest BCUT2D eigenvalue weighted by Crippen LogP contribution is -2.57. The monoisotopic (exact) mass is 396 g/mol. The van der Waals surface area contributed by atoms with Crippen LogP contribution in [-0.4, -0.2) is 70.0 Å².